The molecule has 0 fully saturated rings. The van der Waals surface area contributed by atoms with Gasteiger partial charge in [0.1, 0.15) is 5.75 Å². The van der Waals surface area contributed by atoms with Gasteiger partial charge in [-0.1, -0.05) is 6.08 Å². The molecule has 15 heavy (non-hydrogen) atoms. The molecule has 1 rings (SSSR count). The van der Waals surface area contributed by atoms with Gasteiger partial charge in [0, 0.05) is 12.2 Å². The first-order chi connectivity index (χ1) is 7.22. The maximum absolute atomic E-state index is 5.55. The van der Waals surface area contributed by atoms with E-state index in [0.717, 1.165) is 24.4 Å². The Morgan fingerprint density at radius 3 is 2.53 bits per heavy atom. The summed E-state index contributed by atoms with van der Waals surface area (Å²) in [7, 11) is 0. The Bertz CT molecular complexity index is 290. The van der Waals surface area contributed by atoms with Crippen LogP contribution in [0.4, 0.5) is 5.69 Å². The van der Waals surface area contributed by atoms with Crippen molar-refractivity contribution in [2.24, 2.45) is 0 Å². The maximum atomic E-state index is 5.55. The van der Waals surface area contributed by atoms with Crippen LogP contribution in [0.15, 0.2) is 36.9 Å². The van der Waals surface area contributed by atoms with Gasteiger partial charge >= 0.3 is 0 Å². The van der Waals surface area contributed by atoms with E-state index >= 15 is 0 Å². The molecular weight excluding hydrogens is 186 g/mol. The molecule has 2 nitrogen and oxygen atoms in total. The van der Waals surface area contributed by atoms with Crippen LogP contribution in [0.5, 0.6) is 5.75 Å². The molecule has 1 N–H and O–H groups in total. The summed E-state index contributed by atoms with van der Waals surface area (Å²) in [4.78, 5) is 0. The molecule has 0 aliphatic rings. The van der Waals surface area contributed by atoms with Crippen LogP contribution in [-0.2, 0) is 0 Å². The lowest BCUT2D eigenvalue weighted by Crippen LogP contribution is -2.05. The number of benzene rings is 1. The molecule has 0 bridgehead atoms. The molecule has 82 valence electrons. The van der Waals surface area contributed by atoms with Crippen molar-refractivity contribution in [3.05, 3.63) is 36.9 Å². The standard InChI is InChI=1S/C13H19NO/c1-4-5-10-14-12-6-8-13(9-7-12)15-11(2)3/h4,6-9,11,14H,1,5,10H2,2-3H3. The average molecular weight is 205 g/mol. The smallest absolute Gasteiger partial charge is 0.119 e. The Balaban J connectivity index is 2.45. The second-order valence-electron chi connectivity index (χ2n) is 3.70. The lowest BCUT2D eigenvalue weighted by molar-refractivity contribution is 0.242. The van der Waals surface area contributed by atoms with Crippen molar-refractivity contribution in [2.75, 3.05) is 11.9 Å². The van der Waals surface area contributed by atoms with Gasteiger partial charge in [0.2, 0.25) is 0 Å². The van der Waals surface area contributed by atoms with Crippen molar-refractivity contribution in [3.8, 4) is 5.75 Å². The largest absolute Gasteiger partial charge is 0.491 e. The summed E-state index contributed by atoms with van der Waals surface area (Å²) in [6.45, 7) is 8.65. The highest BCUT2D eigenvalue weighted by Crippen LogP contribution is 2.16. The van der Waals surface area contributed by atoms with Gasteiger partial charge in [-0.3, -0.25) is 0 Å². The zero-order valence-corrected chi connectivity index (χ0v) is 9.49. The Labute approximate surface area is 92.0 Å². The third-order valence-corrected chi connectivity index (χ3v) is 1.90. The van der Waals surface area contributed by atoms with Gasteiger partial charge < -0.3 is 10.1 Å². The van der Waals surface area contributed by atoms with Gasteiger partial charge in [-0.2, -0.15) is 0 Å². The van der Waals surface area contributed by atoms with Crippen molar-refractivity contribution in [3.63, 3.8) is 0 Å². The highest BCUT2D eigenvalue weighted by Gasteiger charge is 1.97. The lowest BCUT2D eigenvalue weighted by Gasteiger charge is -2.10. The van der Waals surface area contributed by atoms with Crippen LogP contribution in [0, 0.1) is 0 Å². The lowest BCUT2D eigenvalue weighted by atomic mass is 10.3. The topological polar surface area (TPSA) is 21.3 Å². The number of rotatable bonds is 6. The summed E-state index contributed by atoms with van der Waals surface area (Å²) in [5.74, 6) is 0.916. The molecule has 0 aliphatic carbocycles. The minimum absolute atomic E-state index is 0.226. The van der Waals surface area contributed by atoms with E-state index < -0.39 is 0 Å². The molecule has 2 heteroatoms. The fourth-order valence-corrected chi connectivity index (χ4v) is 1.24. The fourth-order valence-electron chi connectivity index (χ4n) is 1.24. The van der Waals surface area contributed by atoms with E-state index in [9.17, 15) is 0 Å². The number of nitrogens with one attached hydrogen (secondary N) is 1. The monoisotopic (exact) mass is 205 g/mol. The van der Waals surface area contributed by atoms with Gasteiger partial charge in [0.15, 0.2) is 0 Å². The van der Waals surface area contributed by atoms with E-state index in [-0.39, 0.29) is 6.10 Å². The number of ether oxygens (including phenoxy) is 1. The predicted molar refractivity (Wildman–Crippen MR) is 65.5 cm³/mol. The van der Waals surface area contributed by atoms with Crippen molar-refractivity contribution < 1.29 is 4.74 Å². The molecule has 0 saturated heterocycles. The molecule has 0 atom stereocenters. The molecule has 0 heterocycles. The van der Waals surface area contributed by atoms with E-state index in [1.807, 2.05) is 44.2 Å². The van der Waals surface area contributed by atoms with Crippen molar-refractivity contribution >= 4 is 5.69 Å². The maximum Gasteiger partial charge on any atom is 0.119 e. The summed E-state index contributed by atoms with van der Waals surface area (Å²) in [6, 6.07) is 8.02. The van der Waals surface area contributed by atoms with E-state index in [1.54, 1.807) is 0 Å². The van der Waals surface area contributed by atoms with Crippen molar-refractivity contribution in [2.45, 2.75) is 26.4 Å². The molecule has 0 saturated carbocycles. The summed E-state index contributed by atoms with van der Waals surface area (Å²) < 4.78 is 5.55. The van der Waals surface area contributed by atoms with Gasteiger partial charge in [-0.05, 0) is 44.5 Å². The zero-order chi connectivity index (χ0) is 11.1. The van der Waals surface area contributed by atoms with Crippen LogP contribution in [0.3, 0.4) is 0 Å². The SMILES string of the molecule is C=CCCNc1ccc(OC(C)C)cc1. The summed E-state index contributed by atoms with van der Waals surface area (Å²) in [6.07, 6.45) is 3.11. The minimum atomic E-state index is 0.226. The van der Waals surface area contributed by atoms with Gasteiger partial charge in [-0.25, -0.2) is 0 Å². The summed E-state index contributed by atoms with van der Waals surface area (Å²) in [5.41, 5.74) is 1.12. The van der Waals surface area contributed by atoms with Gasteiger partial charge in [0.25, 0.3) is 0 Å². The third-order valence-electron chi connectivity index (χ3n) is 1.90. The van der Waals surface area contributed by atoms with Crippen molar-refractivity contribution in [1.82, 2.24) is 0 Å². The fraction of sp³-hybridized carbons (Fsp3) is 0.385. The van der Waals surface area contributed by atoms with Crippen molar-refractivity contribution in [1.29, 1.82) is 0 Å². The van der Waals surface area contributed by atoms with Crippen LogP contribution >= 0.6 is 0 Å². The Morgan fingerprint density at radius 2 is 2.00 bits per heavy atom. The molecule has 0 aromatic heterocycles. The van der Waals surface area contributed by atoms with E-state index in [2.05, 4.69) is 11.9 Å². The first-order valence-electron chi connectivity index (χ1n) is 5.34. The van der Waals surface area contributed by atoms with Crippen LogP contribution in [0.2, 0.25) is 0 Å². The molecule has 1 aromatic carbocycles. The summed E-state index contributed by atoms with van der Waals surface area (Å²) >= 11 is 0. The quantitative estimate of drug-likeness (QED) is 0.567. The second-order valence-corrected chi connectivity index (χ2v) is 3.70. The molecule has 0 amide bonds. The average Bonchev–Trinajstić information content (AvgIpc) is 2.20. The molecule has 0 radical (unpaired) electrons. The van der Waals surface area contributed by atoms with E-state index in [4.69, 9.17) is 4.74 Å². The molecule has 0 unspecified atom stereocenters. The highest BCUT2D eigenvalue weighted by molar-refractivity contribution is 5.46. The second kappa shape index (κ2) is 6.12. The molecular formula is C13H19NO. The number of hydrogen-bond acceptors (Lipinski definition) is 2. The number of hydrogen-bond donors (Lipinski definition) is 1. The molecule has 0 aliphatic heterocycles. The Hall–Kier alpha value is -1.44. The van der Waals surface area contributed by atoms with E-state index in [0.29, 0.717) is 0 Å². The van der Waals surface area contributed by atoms with E-state index in [1.165, 1.54) is 0 Å². The minimum Gasteiger partial charge on any atom is -0.491 e. The van der Waals surface area contributed by atoms with Crippen LogP contribution in [0.25, 0.3) is 0 Å². The van der Waals surface area contributed by atoms with Gasteiger partial charge in [0.05, 0.1) is 6.10 Å². The van der Waals surface area contributed by atoms with Crippen LogP contribution in [0.1, 0.15) is 20.3 Å². The first kappa shape index (κ1) is 11.6. The van der Waals surface area contributed by atoms with Crippen LogP contribution in [-0.4, -0.2) is 12.6 Å². The summed E-state index contributed by atoms with van der Waals surface area (Å²) in [5, 5.41) is 3.30. The zero-order valence-electron chi connectivity index (χ0n) is 9.49. The molecule has 1 aromatic rings. The highest BCUT2D eigenvalue weighted by atomic mass is 16.5. The molecule has 0 spiro atoms. The van der Waals surface area contributed by atoms with Crippen LogP contribution < -0.4 is 10.1 Å². The third kappa shape index (κ3) is 4.54. The Morgan fingerprint density at radius 1 is 1.33 bits per heavy atom. The first-order valence-corrected chi connectivity index (χ1v) is 5.34. The predicted octanol–water partition coefficient (Wildman–Crippen LogP) is 3.46. The van der Waals surface area contributed by atoms with Gasteiger partial charge in [-0.15, -0.1) is 6.58 Å². The normalized spacial score (nSPS) is 10.1. The Kier molecular flexibility index (Phi) is 4.75. The number of anilines is 1.